The molecular weight excluding hydrogens is 316 g/mol. The minimum Gasteiger partial charge on any atom is -0.399 e. The van der Waals surface area contributed by atoms with Gasteiger partial charge in [0.2, 0.25) is 0 Å². The number of anilines is 2. The van der Waals surface area contributed by atoms with E-state index in [0.717, 1.165) is 11.4 Å². The lowest BCUT2D eigenvalue weighted by Crippen LogP contribution is -1.88. The Balaban J connectivity index is 0.000000201. The van der Waals surface area contributed by atoms with Gasteiger partial charge in [0.05, 0.1) is 0 Å². The molecule has 0 aliphatic rings. The van der Waals surface area contributed by atoms with Crippen molar-refractivity contribution in [2.45, 2.75) is 39.5 Å². The van der Waals surface area contributed by atoms with Crippen molar-refractivity contribution in [3.8, 4) is 0 Å². The van der Waals surface area contributed by atoms with Crippen molar-refractivity contribution >= 4 is 11.4 Å². The van der Waals surface area contributed by atoms with Crippen LogP contribution in [0.2, 0.25) is 0 Å². The molecule has 4 N–H and O–H groups in total. The van der Waals surface area contributed by atoms with Gasteiger partial charge in [0.1, 0.15) is 0 Å². The van der Waals surface area contributed by atoms with Gasteiger partial charge < -0.3 is 11.5 Å². The highest BCUT2D eigenvalue weighted by molar-refractivity contribution is 5.40. The monoisotopic (exact) mass is 348 g/mol. The maximum atomic E-state index is 5.53. The molecular formula is C24H32N2. The molecule has 0 aliphatic heterocycles. The molecule has 2 nitrogen and oxygen atoms in total. The van der Waals surface area contributed by atoms with Crippen LogP contribution >= 0.6 is 0 Å². The third kappa shape index (κ3) is 8.93. The highest BCUT2D eigenvalue weighted by atomic mass is 14.5. The molecule has 0 radical (unpaired) electrons. The van der Waals surface area contributed by atoms with Gasteiger partial charge in [-0.05, 0) is 47.2 Å². The molecule has 0 unspecified atom stereocenters. The molecule has 0 amide bonds. The Hall–Kier alpha value is -2.74. The highest BCUT2D eigenvalue weighted by Crippen LogP contribution is 2.15. The normalized spacial score (nSPS) is 9.77. The SMILES string of the molecule is CC(C)c1ccc(N)cc1.CC(C)c1ccc(N)cc1.c1ccccc1. The van der Waals surface area contributed by atoms with Crippen molar-refractivity contribution < 1.29 is 0 Å². The second-order valence-corrected chi connectivity index (χ2v) is 6.80. The minimum absolute atomic E-state index is 0.598. The van der Waals surface area contributed by atoms with Gasteiger partial charge in [0.15, 0.2) is 0 Å². The molecule has 26 heavy (non-hydrogen) atoms. The average molecular weight is 349 g/mol. The number of nitrogens with two attached hydrogens (primary N) is 2. The second-order valence-electron chi connectivity index (χ2n) is 6.80. The maximum Gasteiger partial charge on any atom is 0.0314 e. The van der Waals surface area contributed by atoms with Crippen molar-refractivity contribution in [1.82, 2.24) is 0 Å². The molecule has 138 valence electrons. The molecule has 2 heteroatoms. The van der Waals surface area contributed by atoms with E-state index in [1.54, 1.807) is 0 Å². The summed E-state index contributed by atoms with van der Waals surface area (Å²) >= 11 is 0. The number of rotatable bonds is 2. The first-order valence-electron chi connectivity index (χ1n) is 9.11. The van der Waals surface area contributed by atoms with E-state index in [9.17, 15) is 0 Å². The average Bonchev–Trinajstić information content (AvgIpc) is 2.65. The Morgan fingerprint density at radius 1 is 0.462 bits per heavy atom. The van der Waals surface area contributed by atoms with Crippen LogP contribution in [0.15, 0.2) is 84.9 Å². The summed E-state index contributed by atoms with van der Waals surface area (Å²) in [4.78, 5) is 0. The van der Waals surface area contributed by atoms with E-state index >= 15 is 0 Å². The molecule has 0 saturated heterocycles. The van der Waals surface area contributed by atoms with Crippen LogP contribution in [0.5, 0.6) is 0 Å². The zero-order valence-electron chi connectivity index (χ0n) is 16.4. The Morgan fingerprint density at radius 2 is 0.692 bits per heavy atom. The summed E-state index contributed by atoms with van der Waals surface area (Å²) in [5.41, 5.74) is 15.4. The van der Waals surface area contributed by atoms with Crippen molar-refractivity contribution in [2.75, 3.05) is 11.5 Å². The van der Waals surface area contributed by atoms with Crippen LogP contribution in [0.25, 0.3) is 0 Å². The minimum atomic E-state index is 0.598. The fourth-order valence-corrected chi connectivity index (χ4v) is 2.15. The fraction of sp³-hybridized carbons (Fsp3) is 0.250. The molecule has 0 aromatic heterocycles. The van der Waals surface area contributed by atoms with Crippen LogP contribution in [-0.2, 0) is 0 Å². The number of hydrogen-bond donors (Lipinski definition) is 2. The third-order valence-electron chi connectivity index (χ3n) is 3.87. The molecule has 3 rings (SSSR count). The molecule has 0 saturated carbocycles. The summed E-state index contributed by atoms with van der Waals surface area (Å²) in [6, 6.07) is 28.0. The Bertz CT molecular complexity index is 623. The summed E-state index contributed by atoms with van der Waals surface area (Å²) in [6.07, 6.45) is 0. The van der Waals surface area contributed by atoms with Crippen LogP contribution in [0.4, 0.5) is 11.4 Å². The molecule has 0 aliphatic carbocycles. The third-order valence-corrected chi connectivity index (χ3v) is 3.87. The standard InChI is InChI=1S/2C9H13N.C6H6/c2*1-7(2)8-3-5-9(10)6-4-8;1-2-4-6-5-3-1/h2*3-7H,10H2,1-2H3;1-6H. The molecule has 0 heterocycles. The van der Waals surface area contributed by atoms with Gasteiger partial charge in [0.25, 0.3) is 0 Å². The van der Waals surface area contributed by atoms with E-state index in [-0.39, 0.29) is 0 Å². The van der Waals surface area contributed by atoms with Crippen LogP contribution in [0.1, 0.15) is 50.7 Å². The van der Waals surface area contributed by atoms with Crippen molar-refractivity contribution in [2.24, 2.45) is 0 Å². The summed E-state index contributed by atoms with van der Waals surface area (Å²) in [5.74, 6) is 1.20. The summed E-state index contributed by atoms with van der Waals surface area (Å²) in [6.45, 7) is 8.69. The van der Waals surface area contributed by atoms with Gasteiger partial charge in [-0.25, -0.2) is 0 Å². The first-order valence-corrected chi connectivity index (χ1v) is 9.11. The van der Waals surface area contributed by atoms with E-state index in [2.05, 4.69) is 52.0 Å². The van der Waals surface area contributed by atoms with Crippen LogP contribution in [-0.4, -0.2) is 0 Å². The first-order chi connectivity index (χ1) is 12.4. The number of hydrogen-bond acceptors (Lipinski definition) is 2. The van der Waals surface area contributed by atoms with E-state index in [4.69, 9.17) is 11.5 Å². The predicted molar refractivity (Wildman–Crippen MR) is 116 cm³/mol. The van der Waals surface area contributed by atoms with Crippen molar-refractivity contribution in [3.05, 3.63) is 96.1 Å². The predicted octanol–water partition coefficient (Wildman–Crippen LogP) is 6.47. The van der Waals surface area contributed by atoms with Crippen molar-refractivity contribution in [1.29, 1.82) is 0 Å². The van der Waals surface area contributed by atoms with Gasteiger partial charge in [-0.1, -0.05) is 88.4 Å². The number of nitrogen functional groups attached to an aromatic ring is 2. The summed E-state index contributed by atoms with van der Waals surface area (Å²) in [7, 11) is 0. The Kier molecular flexibility index (Phi) is 9.63. The summed E-state index contributed by atoms with van der Waals surface area (Å²) < 4.78 is 0. The Labute approximate surface area is 158 Å². The van der Waals surface area contributed by atoms with Crippen LogP contribution < -0.4 is 11.5 Å². The first kappa shape index (κ1) is 21.3. The summed E-state index contributed by atoms with van der Waals surface area (Å²) in [5, 5.41) is 0. The largest absolute Gasteiger partial charge is 0.399 e. The Morgan fingerprint density at radius 3 is 0.885 bits per heavy atom. The van der Waals surface area contributed by atoms with Gasteiger partial charge in [-0.2, -0.15) is 0 Å². The van der Waals surface area contributed by atoms with Crippen molar-refractivity contribution in [3.63, 3.8) is 0 Å². The number of benzene rings is 3. The van der Waals surface area contributed by atoms with E-state index in [1.165, 1.54) is 11.1 Å². The van der Waals surface area contributed by atoms with Crippen LogP contribution in [0.3, 0.4) is 0 Å². The van der Waals surface area contributed by atoms with E-state index < -0.39 is 0 Å². The quantitative estimate of drug-likeness (QED) is 0.521. The topological polar surface area (TPSA) is 52.0 Å². The lowest BCUT2D eigenvalue weighted by atomic mass is 10.0. The lowest BCUT2D eigenvalue weighted by molar-refractivity contribution is 0.867. The van der Waals surface area contributed by atoms with Gasteiger partial charge >= 0.3 is 0 Å². The fourth-order valence-electron chi connectivity index (χ4n) is 2.15. The molecule has 0 fully saturated rings. The zero-order chi connectivity index (χ0) is 19.4. The van der Waals surface area contributed by atoms with Gasteiger partial charge in [-0.15, -0.1) is 0 Å². The zero-order valence-corrected chi connectivity index (χ0v) is 16.4. The lowest BCUT2D eigenvalue weighted by Gasteiger charge is -2.03. The van der Waals surface area contributed by atoms with Crippen LogP contribution in [0, 0.1) is 0 Å². The molecule has 3 aromatic carbocycles. The van der Waals surface area contributed by atoms with E-state index in [1.807, 2.05) is 60.7 Å². The highest BCUT2D eigenvalue weighted by Gasteiger charge is 1.96. The molecule has 0 bridgehead atoms. The molecule has 0 spiro atoms. The molecule has 3 aromatic rings. The maximum absolute atomic E-state index is 5.53. The second kappa shape index (κ2) is 11.8. The smallest absolute Gasteiger partial charge is 0.0314 e. The van der Waals surface area contributed by atoms with Gasteiger partial charge in [0, 0.05) is 11.4 Å². The molecule has 0 atom stereocenters. The van der Waals surface area contributed by atoms with E-state index in [0.29, 0.717) is 11.8 Å². The van der Waals surface area contributed by atoms with Gasteiger partial charge in [-0.3, -0.25) is 0 Å².